The summed E-state index contributed by atoms with van der Waals surface area (Å²) in [6.45, 7) is 5.53. The van der Waals surface area contributed by atoms with E-state index >= 15 is 0 Å². The van der Waals surface area contributed by atoms with Crippen molar-refractivity contribution >= 4 is 17.7 Å². The van der Waals surface area contributed by atoms with Crippen molar-refractivity contribution in [2.45, 2.75) is 37.9 Å². The van der Waals surface area contributed by atoms with E-state index in [2.05, 4.69) is 72.7 Å². The molecule has 156 valence electrons. The van der Waals surface area contributed by atoms with Gasteiger partial charge in [-0.05, 0) is 26.7 Å². The Morgan fingerprint density at radius 3 is 2.40 bits per heavy atom. The van der Waals surface area contributed by atoms with Crippen LogP contribution in [0.4, 0.5) is 0 Å². The Bertz CT molecular complexity index is 927. The third-order valence-corrected chi connectivity index (χ3v) is 6.11. The number of hydrogen-bond donors (Lipinski definition) is 2. The zero-order valence-corrected chi connectivity index (χ0v) is 18.2. The van der Waals surface area contributed by atoms with Gasteiger partial charge in [0.05, 0.1) is 23.2 Å². The molecule has 1 fully saturated rings. The number of aromatic nitrogens is 2. The van der Waals surface area contributed by atoms with Crippen molar-refractivity contribution in [2.24, 2.45) is 0 Å². The van der Waals surface area contributed by atoms with Gasteiger partial charge in [-0.3, -0.25) is 4.79 Å². The number of H-pyrrole nitrogens is 1. The molecule has 30 heavy (non-hydrogen) atoms. The highest BCUT2D eigenvalue weighted by atomic mass is 32.2. The first kappa shape index (κ1) is 20.7. The summed E-state index contributed by atoms with van der Waals surface area (Å²) in [7, 11) is 0. The van der Waals surface area contributed by atoms with E-state index in [1.165, 1.54) is 22.9 Å². The van der Waals surface area contributed by atoms with Crippen LogP contribution >= 0.6 is 11.8 Å². The van der Waals surface area contributed by atoms with E-state index in [0.717, 1.165) is 47.1 Å². The Morgan fingerprint density at radius 1 is 1.10 bits per heavy atom. The van der Waals surface area contributed by atoms with E-state index in [1.54, 1.807) is 0 Å². The van der Waals surface area contributed by atoms with Gasteiger partial charge in [0, 0.05) is 24.3 Å². The summed E-state index contributed by atoms with van der Waals surface area (Å²) >= 11 is 1.42. The molecule has 3 aromatic rings. The molecule has 0 aliphatic carbocycles. The molecule has 1 aliphatic rings. The Balaban J connectivity index is 1.50. The van der Waals surface area contributed by atoms with Crippen LogP contribution in [0.15, 0.2) is 53.7 Å². The van der Waals surface area contributed by atoms with Crippen LogP contribution in [-0.4, -0.2) is 40.9 Å². The number of aromatic amines is 1. The number of imidazole rings is 1. The van der Waals surface area contributed by atoms with Crippen LogP contribution in [0.25, 0.3) is 22.5 Å². The molecule has 1 atom stereocenters. The summed E-state index contributed by atoms with van der Waals surface area (Å²) in [5.74, 6) is 0.321. The van der Waals surface area contributed by atoms with Crippen molar-refractivity contribution < 1.29 is 9.53 Å². The van der Waals surface area contributed by atoms with E-state index in [4.69, 9.17) is 9.72 Å². The minimum atomic E-state index is 0.000622. The van der Waals surface area contributed by atoms with Crippen molar-refractivity contribution in [1.29, 1.82) is 0 Å². The SMILES string of the molecule is Cc1ccc(-c2nc(SCC(=O)NC[C@@H]3CCCO3)[nH]c2-c2ccc(C)cc2)cc1. The lowest BCUT2D eigenvalue weighted by Gasteiger charge is -2.10. The minimum absolute atomic E-state index is 0.000622. The van der Waals surface area contributed by atoms with Crippen LogP contribution in [0.3, 0.4) is 0 Å². The Labute approximate surface area is 181 Å². The monoisotopic (exact) mass is 421 g/mol. The normalized spacial score (nSPS) is 16.0. The number of carbonyl (C=O) groups is 1. The maximum atomic E-state index is 12.3. The Kier molecular flexibility index (Phi) is 6.55. The Morgan fingerprint density at radius 2 is 1.77 bits per heavy atom. The van der Waals surface area contributed by atoms with Gasteiger partial charge in [-0.1, -0.05) is 71.4 Å². The van der Waals surface area contributed by atoms with Gasteiger partial charge in [0.1, 0.15) is 0 Å². The summed E-state index contributed by atoms with van der Waals surface area (Å²) < 4.78 is 5.56. The molecule has 1 aromatic heterocycles. The predicted octanol–water partition coefficient (Wildman–Crippen LogP) is 4.75. The molecule has 1 amide bonds. The molecule has 0 saturated carbocycles. The van der Waals surface area contributed by atoms with Crippen molar-refractivity contribution in [2.75, 3.05) is 18.9 Å². The number of benzene rings is 2. The molecule has 1 aliphatic heterocycles. The lowest BCUT2D eigenvalue weighted by Crippen LogP contribution is -2.32. The van der Waals surface area contributed by atoms with Gasteiger partial charge in [-0.15, -0.1) is 0 Å². The fraction of sp³-hybridized carbons (Fsp3) is 0.333. The highest BCUT2D eigenvalue weighted by Crippen LogP contribution is 2.33. The number of aryl methyl sites for hydroxylation is 2. The van der Waals surface area contributed by atoms with E-state index < -0.39 is 0 Å². The predicted molar refractivity (Wildman–Crippen MR) is 122 cm³/mol. The first-order valence-electron chi connectivity index (χ1n) is 10.3. The topological polar surface area (TPSA) is 67.0 Å². The van der Waals surface area contributed by atoms with Crippen LogP contribution in [0.2, 0.25) is 0 Å². The van der Waals surface area contributed by atoms with E-state index in [9.17, 15) is 4.79 Å². The lowest BCUT2D eigenvalue weighted by molar-refractivity contribution is -0.119. The average molecular weight is 422 g/mol. The number of rotatable bonds is 7. The molecular formula is C24H27N3O2S. The van der Waals surface area contributed by atoms with Gasteiger partial charge in [0.25, 0.3) is 0 Å². The van der Waals surface area contributed by atoms with Gasteiger partial charge < -0.3 is 15.0 Å². The summed E-state index contributed by atoms with van der Waals surface area (Å²) in [4.78, 5) is 20.5. The largest absolute Gasteiger partial charge is 0.376 e. The highest BCUT2D eigenvalue weighted by Gasteiger charge is 2.18. The minimum Gasteiger partial charge on any atom is -0.376 e. The summed E-state index contributed by atoms with van der Waals surface area (Å²) in [6, 6.07) is 16.8. The number of nitrogens with one attached hydrogen (secondary N) is 2. The standard InChI is InChI=1S/C24H27N3O2S/c1-16-5-9-18(10-6-16)22-23(19-11-7-17(2)8-12-19)27-24(26-22)30-15-21(28)25-14-20-4-3-13-29-20/h5-12,20H,3-4,13-15H2,1-2H3,(H,25,28)(H,26,27)/t20-/m0/s1. The lowest BCUT2D eigenvalue weighted by atomic mass is 10.0. The second-order valence-corrected chi connectivity index (χ2v) is 8.69. The number of amides is 1. The molecule has 2 N–H and O–H groups in total. The van der Waals surface area contributed by atoms with Crippen LogP contribution in [0.1, 0.15) is 24.0 Å². The Hall–Kier alpha value is -2.57. The fourth-order valence-corrected chi connectivity index (χ4v) is 4.19. The van der Waals surface area contributed by atoms with E-state index in [-0.39, 0.29) is 12.0 Å². The highest BCUT2D eigenvalue weighted by molar-refractivity contribution is 7.99. The summed E-state index contributed by atoms with van der Waals surface area (Å²) in [6.07, 6.45) is 2.25. The summed E-state index contributed by atoms with van der Waals surface area (Å²) in [5, 5.41) is 3.71. The first-order chi connectivity index (χ1) is 14.6. The van der Waals surface area contributed by atoms with Crippen LogP contribution in [0, 0.1) is 13.8 Å². The van der Waals surface area contributed by atoms with Gasteiger partial charge in [0.2, 0.25) is 5.91 Å². The second-order valence-electron chi connectivity index (χ2n) is 7.73. The number of thioether (sulfide) groups is 1. The van der Waals surface area contributed by atoms with E-state index in [1.807, 2.05) is 0 Å². The average Bonchev–Trinajstić information content (AvgIpc) is 3.42. The molecule has 2 aromatic carbocycles. The van der Waals surface area contributed by atoms with Gasteiger partial charge in [-0.25, -0.2) is 4.98 Å². The van der Waals surface area contributed by atoms with Gasteiger partial charge in [0.15, 0.2) is 5.16 Å². The molecule has 0 unspecified atom stereocenters. The van der Waals surface area contributed by atoms with Gasteiger partial charge >= 0.3 is 0 Å². The molecule has 6 heteroatoms. The third-order valence-electron chi connectivity index (χ3n) is 5.24. The van der Waals surface area contributed by atoms with Crippen molar-refractivity contribution in [3.8, 4) is 22.5 Å². The molecule has 2 heterocycles. The molecule has 0 radical (unpaired) electrons. The maximum absolute atomic E-state index is 12.3. The van der Waals surface area contributed by atoms with Crippen molar-refractivity contribution in [3.05, 3.63) is 59.7 Å². The maximum Gasteiger partial charge on any atom is 0.230 e. The zero-order valence-electron chi connectivity index (χ0n) is 17.4. The summed E-state index contributed by atoms with van der Waals surface area (Å²) in [5.41, 5.74) is 6.44. The smallest absolute Gasteiger partial charge is 0.230 e. The van der Waals surface area contributed by atoms with Crippen LogP contribution < -0.4 is 5.32 Å². The quantitative estimate of drug-likeness (QED) is 0.541. The van der Waals surface area contributed by atoms with Crippen molar-refractivity contribution in [1.82, 2.24) is 15.3 Å². The molecular weight excluding hydrogens is 394 g/mol. The number of nitrogens with zero attached hydrogens (tertiary/aromatic N) is 1. The zero-order chi connectivity index (χ0) is 20.9. The third kappa shape index (κ3) is 5.12. The molecule has 0 bridgehead atoms. The van der Waals surface area contributed by atoms with Gasteiger partial charge in [-0.2, -0.15) is 0 Å². The van der Waals surface area contributed by atoms with Crippen molar-refractivity contribution in [3.63, 3.8) is 0 Å². The van der Waals surface area contributed by atoms with E-state index in [0.29, 0.717) is 12.3 Å². The van der Waals surface area contributed by atoms with Crippen LogP contribution in [-0.2, 0) is 9.53 Å². The first-order valence-corrected chi connectivity index (χ1v) is 11.3. The molecule has 0 spiro atoms. The number of ether oxygens (including phenoxy) is 1. The van der Waals surface area contributed by atoms with Crippen LogP contribution in [0.5, 0.6) is 0 Å². The molecule has 5 nitrogen and oxygen atoms in total. The number of carbonyl (C=O) groups excluding carboxylic acids is 1. The second kappa shape index (κ2) is 9.49. The molecule has 1 saturated heterocycles. The fourth-order valence-electron chi connectivity index (χ4n) is 3.49. The number of hydrogen-bond acceptors (Lipinski definition) is 4. The molecule has 4 rings (SSSR count).